The molecule has 13 heteroatoms. The predicted molar refractivity (Wildman–Crippen MR) is 250 cm³/mol. The molecule has 2 fully saturated rings. The number of fused-ring (bicyclic) bond motifs is 6. The number of carbonyl (C=O) groups is 1. The van der Waals surface area contributed by atoms with Crippen LogP contribution in [0, 0.1) is 5.92 Å². The Hall–Kier alpha value is -7.93. The van der Waals surface area contributed by atoms with E-state index in [0.717, 1.165) is 53.5 Å². The van der Waals surface area contributed by atoms with E-state index in [2.05, 4.69) is 69.3 Å². The first-order valence-electron chi connectivity index (χ1n) is 22.7. The van der Waals surface area contributed by atoms with Gasteiger partial charge in [-0.25, -0.2) is 9.97 Å². The van der Waals surface area contributed by atoms with E-state index in [1.54, 1.807) is 18.6 Å². The van der Waals surface area contributed by atoms with Gasteiger partial charge in [-0.2, -0.15) is 0 Å². The molecule has 7 heterocycles. The van der Waals surface area contributed by atoms with Crippen molar-refractivity contribution < 1.29 is 15.0 Å². The van der Waals surface area contributed by atoms with E-state index in [-0.39, 0.29) is 41.4 Å². The molecule has 1 aliphatic carbocycles. The molecule has 8 aromatic rings. The van der Waals surface area contributed by atoms with Crippen molar-refractivity contribution in [1.29, 1.82) is 0 Å². The van der Waals surface area contributed by atoms with Crippen molar-refractivity contribution in [3.8, 4) is 45.8 Å². The number of hydrogen-bond acceptors (Lipinski definition) is 8. The van der Waals surface area contributed by atoms with Gasteiger partial charge < -0.3 is 28.8 Å². The number of carbonyl (C=O) groups excluding carboxylic acids is 1. The second-order valence-corrected chi connectivity index (χ2v) is 17.9. The van der Waals surface area contributed by atoms with E-state index in [4.69, 9.17) is 4.98 Å². The van der Waals surface area contributed by atoms with Gasteiger partial charge in [0, 0.05) is 61.8 Å². The number of pyridine rings is 2. The Morgan fingerprint density at radius 3 is 1.95 bits per heavy atom. The lowest BCUT2D eigenvalue weighted by Gasteiger charge is -2.46. The van der Waals surface area contributed by atoms with Gasteiger partial charge >= 0.3 is 0 Å². The molecule has 4 aromatic carbocycles. The molecule has 3 atom stereocenters. The van der Waals surface area contributed by atoms with E-state index in [1.807, 2.05) is 85.4 Å². The Balaban J connectivity index is 1.01. The van der Waals surface area contributed by atoms with E-state index in [1.165, 1.54) is 12.1 Å². The van der Waals surface area contributed by atoms with Crippen LogP contribution in [0.5, 0.6) is 11.5 Å². The lowest BCUT2D eigenvalue weighted by atomic mass is 9.83. The first kappa shape index (κ1) is 39.6. The SMILES string of the molecule is O=C(c1cnc2n1C[C@H](C(c1ccccc1)c1cccc(-c3cn4c(n3)-c3c(O)c(=O)ccn3N(C(c3ccccc3)c3ccccc3)C4C3CC3)c1)n1ccc(=O)c(O)c1-2)N1CCCC1. The van der Waals surface area contributed by atoms with E-state index < -0.39 is 22.6 Å². The Bertz CT molecular complexity index is 3240. The fourth-order valence-electron chi connectivity index (χ4n) is 10.7. The van der Waals surface area contributed by atoms with Gasteiger partial charge in [0.1, 0.15) is 17.6 Å². The first-order valence-corrected chi connectivity index (χ1v) is 22.7. The zero-order valence-electron chi connectivity index (χ0n) is 36.0. The van der Waals surface area contributed by atoms with Gasteiger partial charge in [0.05, 0.1) is 24.0 Å². The number of hydrogen-bond donors (Lipinski definition) is 2. The van der Waals surface area contributed by atoms with Gasteiger partial charge in [0.25, 0.3) is 5.91 Å². The monoisotopic (exact) mass is 874 g/mol. The van der Waals surface area contributed by atoms with Crippen LogP contribution in [0.4, 0.5) is 0 Å². The summed E-state index contributed by atoms with van der Waals surface area (Å²) >= 11 is 0. The summed E-state index contributed by atoms with van der Waals surface area (Å²) in [6.45, 7) is 1.68. The number of nitrogens with zero attached hydrogens (tertiary/aromatic N) is 8. The summed E-state index contributed by atoms with van der Waals surface area (Å²) in [6, 6.07) is 41.2. The van der Waals surface area contributed by atoms with Crippen LogP contribution in [0.2, 0.25) is 0 Å². The largest absolute Gasteiger partial charge is 0.503 e. The van der Waals surface area contributed by atoms with Gasteiger partial charge in [-0.3, -0.25) is 24.1 Å². The fourth-order valence-corrected chi connectivity index (χ4v) is 10.7. The highest BCUT2D eigenvalue weighted by atomic mass is 16.3. The number of amides is 1. The van der Waals surface area contributed by atoms with Crippen LogP contribution >= 0.6 is 0 Å². The highest BCUT2D eigenvalue weighted by Gasteiger charge is 2.46. The highest BCUT2D eigenvalue weighted by molar-refractivity contribution is 5.93. The first-order chi connectivity index (χ1) is 32.3. The van der Waals surface area contributed by atoms with Crippen molar-refractivity contribution >= 4 is 5.91 Å². The number of likely N-dealkylation sites (tertiary alicyclic amines) is 1. The smallest absolute Gasteiger partial charge is 0.272 e. The third-order valence-corrected chi connectivity index (χ3v) is 13.9. The molecule has 4 aliphatic rings. The third-order valence-electron chi connectivity index (χ3n) is 13.9. The minimum absolute atomic E-state index is 0.116. The van der Waals surface area contributed by atoms with Crippen molar-refractivity contribution in [3.63, 3.8) is 0 Å². The molecule has 1 saturated carbocycles. The summed E-state index contributed by atoms with van der Waals surface area (Å²) in [5.74, 6) is -0.0960. The summed E-state index contributed by atoms with van der Waals surface area (Å²) in [5.41, 5.74) is 5.59. The van der Waals surface area contributed by atoms with E-state index in [9.17, 15) is 24.6 Å². The lowest BCUT2D eigenvalue weighted by Crippen LogP contribution is -2.49. The molecule has 2 unspecified atom stereocenters. The fraction of sp³-hybridized carbons (Fsp3) is 0.226. The van der Waals surface area contributed by atoms with Crippen LogP contribution in [0.25, 0.3) is 34.3 Å². The number of rotatable bonds is 9. The Labute approximate surface area is 379 Å². The van der Waals surface area contributed by atoms with Gasteiger partial charge in [0.2, 0.25) is 10.9 Å². The number of aromatic nitrogens is 6. The van der Waals surface area contributed by atoms with Crippen molar-refractivity contribution in [3.05, 3.63) is 201 Å². The molecule has 13 nitrogen and oxygen atoms in total. The average Bonchev–Trinajstić information content (AvgIpc) is 3.65. The molecule has 0 bridgehead atoms. The van der Waals surface area contributed by atoms with Gasteiger partial charge in [-0.15, -0.1) is 0 Å². The molecule has 328 valence electrons. The van der Waals surface area contributed by atoms with Crippen molar-refractivity contribution in [2.75, 3.05) is 18.1 Å². The Morgan fingerprint density at radius 1 is 0.667 bits per heavy atom. The molecule has 0 spiro atoms. The molecular formula is C53H46N8O5. The normalized spacial score (nSPS) is 17.8. The highest BCUT2D eigenvalue weighted by Crippen LogP contribution is 2.51. The summed E-state index contributed by atoms with van der Waals surface area (Å²) in [5, 5.41) is 25.5. The summed E-state index contributed by atoms with van der Waals surface area (Å²) < 4.78 is 7.89. The number of imidazole rings is 2. The number of benzene rings is 4. The van der Waals surface area contributed by atoms with Crippen LogP contribution in [0.1, 0.15) is 82.6 Å². The van der Waals surface area contributed by atoms with Gasteiger partial charge in [-0.05, 0) is 59.9 Å². The molecule has 4 aromatic heterocycles. The minimum atomic E-state index is -0.525. The maximum atomic E-state index is 14.0. The summed E-state index contributed by atoms with van der Waals surface area (Å²) in [4.78, 5) is 52.3. The van der Waals surface area contributed by atoms with Gasteiger partial charge in [-0.1, -0.05) is 109 Å². The molecule has 2 N–H and O–H groups in total. The second-order valence-electron chi connectivity index (χ2n) is 17.9. The lowest BCUT2D eigenvalue weighted by molar-refractivity contribution is 0.0780. The third kappa shape index (κ3) is 6.39. The standard InChI is InChI=1S/C53H46N8O5/c62-42-23-27-57-41(32-58-40(53(66)56-25-10-11-26-56)30-54-50(58)46(57)48(42)64)44(33-13-4-1-5-14-33)38-20-12-19-37(29-38)39-31-59-51(55-39)47-49(65)43(63)24-28-60(47)61(52(59)36-21-22-36)45(34-15-6-2-7-16-34)35-17-8-3-9-18-35/h1-9,12-20,23-24,27-31,36,41,44-45,52,64-65H,10-11,21-22,25-26,32H2/t41-,44?,52?/m1/s1. The van der Waals surface area contributed by atoms with Crippen molar-refractivity contribution in [2.45, 2.75) is 56.4 Å². The zero-order chi connectivity index (χ0) is 44.6. The van der Waals surface area contributed by atoms with Crippen LogP contribution < -0.4 is 15.9 Å². The molecule has 66 heavy (non-hydrogen) atoms. The average molecular weight is 875 g/mol. The van der Waals surface area contributed by atoms with Crippen molar-refractivity contribution in [1.82, 2.24) is 33.2 Å². The van der Waals surface area contributed by atoms with Gasteiger partial charge in [0.15, 0.2) is 28.8 Å². The summed E-state index contributed by atoms with van der Waals surface area (Å²) in [6.07, 6.45) is 10.8. The molecule has 0 radical (unpaired) electrons. The van der Waals surface area contributed by atoms with E-state index in [0.29, 0.717) is 48.4 Å². The molecule has 12 rings (SSSR count). The molecule has 3 aliphatic heterocycles. The minimum Gasteiger partial charge on any atom is -0.503 e. The Morgan fingerprint density at radius 2 is 1.29 bits per heavy atom. The van der Waals surface area contributed by atoms with Crippen LogP contribution in [0.3, 0.4) is 0 Å². The maximum Gasteiger partial charge on any atom is 0.272 e. The quantitative estimate of drug-likeness (QED) is 0.148. The molecular weight excluding hydrogens is 829 g/mol. The predicted octanol–water partition coefficient (Wildman–Crippen LogP) is 8.09. The van der Waals surface area contributed by atoms with Crippen LogP contribution in [0.15, 0.2) is 162 Å². The zero-order valence-corrected chi connectivity index (χ0v) is 36.0. The maximum absolute atomic E-state index is 14.0. The van der Waals surface area contributed by atoms with Crippen LogP contribution in [-0.2, 0) is 6.54 Å². The van der Waals surface area contributed by atoms with Crippen LogP contribution in [-0.4, -0.2) is 62.5 Å². The van der Waals surface area contributed by atoms with E-state index >= 15 is 0 Å². The Kier molecular flexibility index (Phi) is 9.40. The molecule has 1 amide bonds. The second kappa shape index (κ2) is 15.7. The number of aromatic hydroxyl groups is 2. The molecule has 1 saturated heterocycles. The van der Waals surface area contributed by atoms with Crippen molar-refractivity contribution in [2.24, 2.45) is 5.92 Å². The topological polar surface area (TPSA) is 144 Å². The summed E-state index contributed by atoms with van der Waals surface area (Å²) in [7, 11) is 0.